The first kappa shape index (κ1) is 17.3. The van der Waals surface area contributed by atoms with Crippen molar-refractivity contribution in [2.24, 2.45) is 7.05 Å². The van der Waals surface area contributed by atoms with E-state index in [4.69, 9.17) is 0 Å². The van der Waals surface area contributed by atoms with Gasteiger partial charge >= 0.3 is 0 Å². The highest BCUT2D eigenvalue weighted by Crippen LogP contribution is 2.20. The van der Waals surface area contributed by atoms with Gasteiger partial charge < -0.3 is 14.8 Å². The number of hydrogen-bond acceptors (Lipinski definition) is 2. The van der Waals surface area contributed by atoms with Crippen LogP contribution in [0.5, 0.6) is 0 Å². The van der Waals surface area contributed by atoms with Gasteiger partial charge in [0.2, 0.25) is 0 Å². The maximum atomic E-state index is 12.7. The van der Waals surface area contributed by atoms with Crippen molar-refractivity contribution in [2.45, 2.75) is 19.4 Å². The number of aryl methyl sites for hydroxylation is 1. The van der Waals surface area contributed by atoms with Gasteiger partial charge in [-0.1, -0.05) is 30.3 Å². The van der Waals surface area contributed by atoms with Gasteiger partial charge in [-0.15, -0.1) is 0 Å². The van der Waals surface area contributed by atoms with Crippen LogP contribution in [0.25, 0.3) is 10.9 Å². The molecule has 1 fully saturated rings. The number of rotatable bonds is 4. The second-order valence-corrected chi connectivity index (χ2v) is 7.05. The van der Waals surface area contributed by atoms with E-state index in [1.54, 1.807) is 0 Å². The van der Waals surface area contributed by atoms with Gasteiger partial charge in [0, 0.05) is 49.3 Å². The molecular weight excluding hydrogens is 338 g/mol. The summed E-state index contributed by atoms with van der Waals surface area (Å²) < 4.78 is 1.96. The lowest BCUT2D eigenvalue weighted by molar-refractivity contribution is 0.0792. The molecule has 2 amide bonds. The summed E-state index contributed by atoms with van der Waals surface area (Å²) in [5.41, 5.74) is 3.31. The van der Waals surface area contributed by atoms with Gasteiger partial charge in [-0.25, -0.2) is 0 Å². The Morgan fingerprint density at radius 2 is 1.81 bits per heavy atom. The van der Waals surface area contributed by atoms with Gasteiger partial charge in [-0.3, -0.25) is 9.59 Å². The fraction of sp³-hybridized carbons (Fsp3) is 0.273. The second-order valence-electron chi connectivity index (χ2n) is 7.05. The Kier molecular flexibility index (Phi) is 4.67. The van der Waals surface area contributed by atoms with Crippen molar-refractivity contribution < 1.29 is 9.59 Å². The minimum atomic E-state index is -0.108. The second kappa shape index (κ2) is 7.27. The third-order valence-electron chi connectivity index (χ3n) is 5.16. The van der Waals surface area contributed by atoms with Crippen LogP contribution in [0.15, 0.2) is 54.7 Å². The first-order valence-corrected chi connectivity index (χ1v) is 9.34. The first-order chi connectivity index (χ1) is 13.1. The Labute approximate surface area is 158 Å². The molecule has 5 nitrogen and oxygen atoms in total. The fourth-order valence-corrected chi connectivity index (χ4v) is 3.72. The Morgan fingerprint density at radius 1 is 1.04 bits per heavy atom. The number of benzene rings is 2. The molecule has 1 N–H and O–H groups in total. The van der Waals surface area contributed by atoms with E-state index in [2.05, 4.69) is 5.32 Å². The van der Waals surface area contributed by atoms with Crippen LogP contribution in [0.4, 0.5) is 0 Å². The van der Waals surface area contributed by atoms with E-state index in [9.17, 15) is 9.59 Å². The summed E-state index contributed by atoms with van der Waals surface area (Å²) >= 11 is 0. The summed E-state index contributed by atoms with van der Waals surface area (Å²) in [7, 11) is 1.94. The van der Waals surface area contributed by atoms with Gasteiger partial charge in [0.05, 0.1) is 5.56 Å². The van der Waals surface area contributed by atoms with E-state index in [0.717, 1.165) is 42.4 Å². The van der Waals surface area contributed by atoms with Crippen molar-refractivity contribution in [1.82, 2.24) is 14.8 Å². The molecule has 1 saturated heterocycles. The van der Waals surface area contributed by atoms with Crippen LogP contribution in [-0.4, -0.2) is 34.4 Å². The molecular formula is C22H23N3O2. The summed E-state index contributed by atoms with van der Waals surface area (Å²) in [5.74, 6) is -0.0298. The van der Waals surface area contributed by atoms with Crippen LogP contribution >= 0.6 is 0 Å². The number of para-hydroxylation sites is 1. The van der Waals surface area contributed by atoms with E-state index in [1.165, 1.54) is 0 Å². The zero-order valence-electron chi connectivity index (χ0n) is 15.4. The Balaban J connectivity index is 1.47. The van der Waals surface area contributed by atoms with Crippen LogP contribution < -0.4 is 5.32 Å². The zero-order valence-corrected chi connectivity index (χ0v) is 15.4. The van der Waals surface area contributed by atoms with Crippen LogP contribution in [-0.2, 0) is 13.6 Å². The third kappa shape index (κ3) is 3.45. The lowest BCUT2D eigenvalue weighted by Crippen LogP contribution is -2.28. The number of carbonyl (C=O) groups is 2. The highest BCUT2D eigenvalue weighted by molar-refractivity contribution is 6.07. The molecule has 0 spiro atoms. The van der Waals surface area contributed by atoms with Crippen LogP contribution in [0, 0.1) is 0 Å². The summed E-state index contributed by atoms with van der Waals surface area (Å²) in [6.07, 6.45) is 4.01. The maximum Gasteiger partial charge on any atom is 0.253 e. The topological polar surface area (TPSA) is 54.3 Å². The molecule has 138 valence electrons. The van der Waals surface area contributed by atoms with Gasteiger partial charge in [0.15, 0.2) is 0 Å². The minimum absolute atomic E-state index is 0.0785. The van der Waals surface area contributed by atoms with Crippen molar-refractivity contribution >= 4 is 22.7 Å². The molecule has 3 aromatic rings. The normalized spacial score (nSPS) is 13.9. The summed E-state index contributed by atoms with van der Waals surface area (Å²) in [5, 5.41) is 3.92. The molecule has 27 heavy (non-hydrogen) atoms. The molecule has 0 unspecified atom stereocenters. The number of nitrogens with zero attached hydrogens (tertiary/aromatic N) is 2. The zero-order chi connectivity index (χ0) is 18.8. The van der Waals surface area contributed by atoms with Crippen molar-refractivity contribution in [3.63, 3.8) is 0 Å². The number of likely N-dealkylation sites (tertiary alicyclic amines) is 1. The van der Waals surface area contributed by atoms with Crippen molar-refractivity contribution in [3.8, 4) is 0 Å². The van der Waals surface area contributed by atoms with E-state index in [-0.39, 0.29) is 11.8 Å². The SMILES string of the molecule is Cn1cc(C(=O)NCc2cccc(C(=O)N3CCCC3)c2)c2ccccc21. The van der Waals surface area contributed by atoms with E-state index in [0.29, 0.717) is 17.7 Å². The molecule has 1 aliphatic rings. The molecule has 0 saturated carbocycles. The molecule has 2 aromatic carbocycles. The molecule has 5 heteroatoms. The van der Waals surface area contributed by atoms with Crippen LogP contribution in [0.3, 0.4) is 0 Å². The van der Waals surface area contributed by atoms with Crippen LogP contribution in [0.2, 0.25) is 0 Å². The Morgan fingerprint density at radius 3 is 2.63 bits per heavy atom. The monoisotopic (exact) mass is 361 g/mol. The Hall–Kier alpha value is -3.08. The average molecular weight is 361 g/mol. The van der Waals surface area contributed by atoms with Crippen molar-refractivity contribution in [1.29, 1.82) is 0 Å². The number of nitrogens with one attached hydrogen (secondary N) is 1. The van der Waals surface area contributed by atoms with Gasteiger partial charge in [0.1, 0.15) is 0 Å². The summed E-state index contributed by atoms with van der Waals surface area (Å²) in [6.45, 7) is 2.06. The number of amides is 2. The van der Waals surface area contributed by atoms with E-state index >= 15 is 0 Å². The number of carbonyl (C=O) groups excluding carboxylic acids is 2. The van der Waals surface area contributed by atoms with Gasteiger partial charge in [0.25, 0.3) is 11.8 Å². The van der Waals surface area contributed by atoms with E-state index < -0.39 is 0 Å². The highest BCUT2D eigenvalue weighted by atomic mass is 16.2. The predicted molar refractivity (Wildman–Crippen MR) is 106 cm³/mol. The molecule has 2 heterocycles. The molecule has 1 aliphatic heterocycles. The first-order valence-electron chi connectivity index (χ1n) is 9.34. The standard InChI is InChI=1S/C22H23N3O2/c1-24-15-19(18-9-2-3-10-20(18)24)21(26)23-14-16-7-6-8-17(13-16)22(27)25-11-4-5-12-25/h2-3,6-10,13,15H,4-5,11-12,14H2,1H3,(H,23,26). The molecule has 0 aliphatic carbocycles. The van der Waals surface area contributed by atoms with Gasteiger partial charge in [-0.05, 0) is 36.6 Å². The van der Waals surface area contributed by atoms with Crippen molar-refractivity contribution in [2.75, 3.05) is 13.1 Å². The molecule has 0 radical (unpaired) electrons. The smallest absolute Gasteiger partial charge is 0.253 e. The Bertz CT molecular complexity index is 1000. The number of fused-ring (bicyclic) bond motifs is 1. The molecule has 4 rings (SSSR count). The van der Waals surface area contributed by atoms with E-state index in [1.807, 2.05) is 71.2 Å². The maximum absolute atomic E-state index is 12.7. The molecule has 0 bridgehead atoms. The molecule has 0 atom stereocenters. The molecule has 1 aromatic heterocycles. The number of aromatic nitrogens is 1. The largest absolute Gasteiger partial charge is 0.350 e. The lowest BCUT2D eigenvalue weighted by atomic mass is 10.1. The quantitative estimate of drug-likeness (QED) is 0.775. The fourth-order valence-electron chi connectivity index (χ4n) is 3.72. The minimum Gasteiger partial charge on any atom is -0.350 e. The number of hydrogen-bond donors (Lipinski definition) is 1. The highest BCUT2D eigenvalue weighted by Gasteiger charge is 2.19. The predicted octanol–water partition coefficient (Wildman–Crippen LogP) is 3.34. The van der Waals surface area contributed by atoms with Gasteiger partial charge in [-0.2, -0.15) is 0 Å². The summed E-state index contributed by atoms with van der Waals surface area (Å²) in [6, 6.07) is 15.4. The summed E-state index contributed by atoms with van der Waals surface area (Å²) in [4.78, 5) is 27.1. The van der Waals surface area contributed by atoms with Crippen LogP contribution in [0.1, 0.15) is 39.1 Å². The van der Waals surface area contributed by atoms with Crippen molar-refractivity contribution in [3.05, 3.63) is 71.4 Å². The third-order valence-corrected chi connectivity index (χ3v) is 5.16. The lowest BCUT2D eigenvalue weighted by Gasteiger charge is -2.15. The average Bonchev–Trinajstić information content (AvgIpc) is 3.35.